The first kappa shape index (κ1) is 15.9. The van der Waals surface area contributed by atoms with Crippen molar-refractivity contribution in [2.75, 3.05) is 19.5 Å². The number of methoxy groups -OCH3 is 1. The molecule has 24 heavy (non-hydrogen) atoms. The molecule has 0 saturated carbocycles. The maximum Gasteiger partial charge on any atom is 0.296 e. The van der Waals surface area contributed by atoms with Gasteiger partial charge in [-0.25, -0.2) is 0 Å². The summed E-state index contributed by atoms with van der Waals surface area (Å²) in [6.45, 7) is 0. The molecule has 0 unspecified atom stereocenters. The molecule has 6 heteroatoms. The molecule has 0 aliphatic heterocycles. The number of ether oxygens (including phenoxy) is 1. The Labute approximate surface area is 139 Å². The molecule has 0 radical (unpaired) electrons. The molecule has 0 aliphatic carbocycles. The summed E-state index contributed by atoms with van der Waals surface area (Å²) in [5.41, 5.74) is 2.36. The Morgan fingerprint density at radius 2 is 2.04 bits per heavy atom. The van der Waals surface area contributed by atoms with Gasteiger partial charge in [0.05, 0.1) is 7.11 Å². The van der Waals surface area contributed by atoms with Crippen LogP contribution >= 0.6 is 0 Å². The average Bonchev–Trinajstić information content (AvgIpc) is 3.02. The molecule has 0 bridgehead atoms. The van der Waals surface area contributed by atoms with Crippen molar-refractivity contribution in [1.29, 1.82) is 0 Å². The fourth-order valence-electron chi connectivity index (χ4n) is 2.48. The SMILES string of the molecule is CNC(=O)[C@@H](Cc1ccccc1)Nc1nc2ccc(OC)cc2o1. The second kappa shape index (κ2) is 7.04. The Bertz CT molecular complexity index is 830. The van der Waals surface area contributed by atoms with Crippen LogP contribution in [0.3, 0.4) is 0 Å². The lowest BCUT2D eigenvalue weighted by Crippen LogP contribution is -2.39. The number of aromatic nitrogens is 1. The van der Waals surface area contributed by atoms with E-state index in [1.807, 2.05) is 42.5 Å². The predicted molar refractivity (Wildman–Crippen MR) is 92.2 cm³/mol. The van der Waals surface area contributed by atoms with Crippen LogP contribution < -0.4 is 15.4 Å². The number of rotatable bonds is 6. The van der Waals surface area contributed by atoms with Gasteiger partial charge in [-0.15, -0.1) is 0 Å². The normalized spacial score (nSPS) is 11.9. The Balaban J connectivity index is 1.82. The van der Waals surface area contributed by atoms with Crippen LogP contribution in [0.4, 0.5) is 6.01 Å². The topological polar surface area (TPSA) is 76.4 Å². The average molecular weight is 325 g/mol. The van der Waals surface area contributed by atoms with E-state index in [0.717, 1.165) is 5.56 Å². The number of benzene rings is 2. The van der Waals surface area contributed by atoms with Gasteiger partial charge >= 0.3 is 0 Å². The third kappa shape index (κ3) is 3.48. The Morgan fingerprint density at radius 1 is 1.25 bits per heavy atom. The first-order chi connectivity index (χ1) is 11.7. The molecule has 3 aromatic rings. The number of carbonyl (C=O) groups excluding carboxylic acids is 1. The third-order valence-electron chi connectivity index (χ3n) is 3.74. The molecule has 1 aromatic heterocycles. The van der Waals surface area contributed by atoms with Gasteiger partial charge in [-0.1, -0.05) is 30.3 Å². The van der Waals surface area contributed by atoms with Crippen molar-refractivity contribution in [1.82, 2.24) is 10.3 Å². The highest BCUT2D eigenvalue weighted by Gasteiger charge is 2.20. The fraction of sp³-hybridized carbons (Fsp3) is 0.222. The summed E-state index contributed by atoms with van der Waals surface area (Å²) in [7, 11) is 3.21. The van der Waals surface area contributed by atoms with Crippen LogP contribution in [0.25, 0.3) is 11.1 Å². The molecule has 124 valence electrons. The summed E-state index contributed by atoms with van der Waals surface area (Å²) in [6.07, 6.45) is 0.530. The van der Waals surface area contributed by atoms with Gasteiger partial charge in [0.1, 0.15) is 17.3 Å². The maximum atomic E-state index is 12.2. The van der Waals surface area contributed by atoms with Crippen LogP contribution in [0.5, 0.6) is 5.75 Å². The highest BCUT2D eigenvalue weighted by Crippen LogP contribution is 2.24. The molecule has 2 N–H and O–H groups in total. The highest BCUT2D eigenvalue weighted by atomic mass is 16.5. The molecule has 3 rings (SSSR count). The van der Waals surface area contributed by atoms with Crippen molar-refractivity contribution < 1.29 is 13.9 Å². The summed E-state index contributed by atoms with van der Waals surface area (Å²) in [5, 5.41) is 5.74. The van der Waals surface area contributed by atoms with E-state index in [4.69, 9.17) is 9.15 Å². The monoisotopic (exact) mass is 325 g/mol. The van der Waals surface area contributed by atoms with Crippen LogP contribution in [-0.4, -0.2) is 31.1 Å². The lowest BCUT2D eigenvalue weighted by Gasteiger charge is -2.15. The van der Waals surface area contributed by atoms with E-state index in [1.54, 1.807) is 20.2 Å². The predicted octanol–water partition coefficient (Wildman–Crippen LogP) is 2.61. The van der Waals surface area contributed by atoms with Gasteiger partial charge in [0.2, 0.25) is 5.91 Å². The Kier molecular flexibility index (Phi) is 4.65. The third-order valence-corrected chi connectivity index (χ3v) is 3.74. The molecule has 0 saturated heterocycles. The van der Waals surface area contributed by atoms with Crippen molar-refractivity contribution in [2.45, 2.75) is 12.5 Å². The summed E-state index contributed by atoms with van der Waals surface area (Å²) in [6, 6.07) is 15.0. The van der Waals surface area contributed by atoms with E-state index in [2.05, 4.69) is 15.6 Å². The Hall–Kier alpha value is -3.02. The number of likely N-dealkylation sites (N-methyl/N-ethyl adjacent to an activating group) is 1. The maximum absolute atomic E-state index is 12.2. The van der Waals surface area contributed by atoms with Crippen molar-refractivity contribution in [3.63, 3.8) is 0 Å². The molecular weight excluding hydrogens is 306 g/mol. The molecule has 0 spiro atoms. The summed E-state index contributed by atoms with van der Waals surface area (Å²) in [4.78, 5) is 16.5. The number of hydrogen-bond donors (Lipinski definition) is 2. The molecular formula is C18H19N3O3. The minimum Gasteiger partial charge on any atom is -0.497 e. The highest BCUT2D eigenvalue weighted by molar-refractivity contribution is 5.84. The van der Waals surface area contributed by atoms with Crippen LogP contribution in [0, 0.1) is 0 Å². The smallest absolute Gasteiger partial charge is 0.296 e. The van der Waals surface area contributed by atoms with Crippen LogP contribution in [-0.2, 0) is 11.2 Å². The molecule has 0 aliphatic rings. The number of hydrogen-bond acceptors (Lipinski definition) is 5. The molecule has 2 aromatic carbocycles. The summed E-state index contributed by atoms with van der Waals surface area (Å²) < 4.78 is 10.9. The van der Waals surface area contributed by atoms with Gasteiger partial charge in [0, 0.05) is 19.5 Å². The van der Waals surface area contributed by atoms with Gasteiger partial charge in [0.15, 0.2) is 5.58 Å². The van der Waals surface area contributed by atoms with E-state index < -0.39 is 6.04 Å². The first-order valence-corrected chi connectivity index (χ1v) is 7.66. The molecule has 1 amide bonds. The van der Waals surface area contributed by atoms with E-state index in [9.17, 15) is 4.79 Å². The van der Waals surface area contributed by atoms with Crippen molar-refractivity contribution in [2.24, 2.45) is 0 Å². The minimum absolute atomic E-state index is 0.126. The quantitative estimate of drug-likeness (QED) is 0.728. The lowest BCUT2D eigenvalue weighted by molar-refractivity contribution is -0.121. The van der Waals surface area contributed by atoms with Gasteiger partial charge in [-0.2, -0.15) is 4.98 Å². The van der Waals surface area contributed by atoms with Crippen molar-refractivity contribution >= 4 is 23.0 Å². The zero-order valence-electron chi connectivity index (χ0n) is 13.6. The van der Waals surface area contributed by atoms with Crippen molar-refractivity contribution in [3.8, 4) is 5.75 Å². The second-order valence-electron chi connectivity index (χ2n) is 5.35. The zero-order valence-corrected chi connectivity index (χ0v) is 13.6. The van der Waals surface area contributed by atoms with E-state index >= 15 is 0 Å². The number of anilines is 1. The van der Waals surface area contributed by atoms with Crippen LogP contribution in [0.15, 0.2) is 52.9 Å². The van der Waals surface area contributed by atoms with Gasteiger partial charge in [-0.3, -0.25) is 4.79 Å². The second-order valence-corrected chi connectivity index (χ2v) is 5.35. The zero-order chi connectivity index (χ0) is 16.9. The number of oxazole rings is 1. The Morgan fingerprint density at radius 3 is 2.75 bits per heavy atom. The van der Waals surface area contributed by atoms with E-state index in [-0.39, 0.29) is 5.91 Å². The van der Waals surface area contributed by atoms with Crippen LogP contribution in [0.1, 0.15) is 5.56 Å². The van der Waals surface area contributed by atoms with Crippen LogP contribution in [0.2, 0.25) is 0 Å². The van der Waals surface area contributed by atoms with Gasteiger partial charge in [-0.05, 0) is 17.7 Å². The number of carbonyl (C=O) groups is 1. The molecule has 1 atom stereocenters. The molecule has 6 nitrogen and oxygen atoms in total. The summed E-state index contributed by atoms with van der Waals surface area (Å²) in [5.74, 6) is 0.566. The largest absolute Gasteiger partial charge is 0.497 e. The number of nitrogens with zero attached hydrogens (tertiary/aromatic N) is 1. The lowest BCUT2D eigenvalue weighted by atomic mass is 10.1. The number of nitrogens with one attached hydrogen (secondary N) is 2. The van der Waals surface area contributed by atoms with Gasteiger partial charge < -0.3 is 19.8 Å². The number of fused-ring (bicyclic) bond motifs is 1. The molecule has 0 fully saturated rings. The summed E-state index contributed by atoms with van der Waals surface area (Å²) >= 11 is 0. The first-order valence-electron chi connectivity index (χ1n) is 7.66. The van der Waals surface area contributed by atoms with E-state index in [1.165, 1.54) is 0 Å². The van der Waals surface area contributed by atoms with Gasteiger partial charge in [0.25, 0.3) is 6.01 Å². The van der Waals surface area contributed by atoms with Crippen molar-refractivity contribution in [3.05, 3.63) is 54.1 Å². The number of amides is 1. The fourth-order valence-corrected chi connectivity index (χ4v) is 2.48. The van der Waals surface area contributed by atoms with E-state index in [0.29, 0.717) is 29.3 Å². The standard InChI is InChI=1S/C18H19N3O3/c1-19-17(22)15(10-12-6-4-3-5-7-12)21-18-20-14-9-8-13(23-2)11-16(14)24-18/h3-9,11,15H,10H2,1-2H3,(H,19,22)(H,20,21)/t15-/m1/s1. The molecule has 1 heterocycles. The minimum atomic E-state index is -0.479.